The molecule has 15 heavy (non-hydrogen) atoms. The smallest absolute Gasteiger partial charge is 0.407 e. The molecule has 0 atom stereocenters. The van der Waals surface area contributed by atoms with Crippen LogP contribution in [0.3, 0.4) is 0 Å². The van der Waals surface area contributed by atoms with E-state index in [1.54, 1.807) is 0 Å². The molecule has 0 saturated carbocycles. The van der Waals surface area contributed by atoms with Gasteiger partial charge in [-0.3, -0.25) is 4.39 Å². The van der Waals surface area contributed by atoms with Gasteiger partial charge in [-0.25, -0.2) is 4.79 Å². The summed E-state index contributed by atoms with van der Waals surface area (Å²) in [7, 11) is 0. The third kappa shape index (κ3) is 11.1. The van der Waals surface area contributed by atoms with Crippen molar-refractivity contribution in [1.82, 2.24) is 5.32 Å². The quantitative estimate of drug-likeness (QED) is 0.637. The Morgan fingerprint density at radius 2 is 1.80 bits per heavy atom. The van der Waals surface area contributed by atoms with Gasteiger partial charge in [0.05, 0.1) is 13.3 Å². The summed E-state index contributed by atoms with van der Waals surface area (Å²) in [5.74, 6) is 0. The standard InChI is InChI=1S/C11H22FNO2/c1-10(2)13-11(14)15-9-7-5-3-4-6-8-12/h10H,3-9H2,1-2H3,(H,13,14). The molecule has 0 aromatic heterocycles. The van der Waals surface area contributed by atoms with Gasteiger partial charge < -0.3 is 10.1 Å². The molecule has 0 fully saturated rings. The maximum Gasteiger partial charge on any atom is 0.407 e. The van der Waals surface area contributed by atoms with Crippen molar-refractivity contribution in [3.63, 3.8) is 0 Å². The van der Waals surface area contributed by atoms with E-state index < -0.39 is 0 Å². The summed E-state index contributed by atoms with van der Waals surface area (Å²) < 4.78 is 16.7. The number of hydrogen-bond acceptors (Lipinski definition) is 2. The van der Waals surface area contributed by atoms with Crippen LogP contribution in [-0.4, -0.2) is 25.4 Å². The van der Waals surface area contributed by atoms with Gasteiger partial charge in [0.25, 0.3) is 0 Å². The third-order valence-corrected chi connectivity index (χ3v) is 1.92. The molecule has 1 N–H and O–H groups in total. The molecule has 4 heteroatoms. The first-order chi connectivity index (χ1) is 7.16. The Morgan fingerprint density at radius 1 is 1.20 bits per heavy atom. The summed E-state index contributed by atoms with van der Waals surface area (Å²) in [4.78, 5) is 11.0. The van der Waals surface area contributed by atoms with E-state index in [9.17, 15) is 9.18 Å². The summed E-state index contributed by atoms with van der Waals surface area (Å²) in [6.45, 7) is 4.00. The molecule has 0 bridgehead atoms. The second-order valence-corrected chi connectivity index (χ2v) is 3.89. The molecule has 0 aliphatic carbocycles. The number of nitrogens with one attached hydrogen (secondary N) is 1. The maximum absolute atomic E-state index is 11.7. The van der Waals surface area contributed by atoms with Gasteiger partial charge in [-0.1, -0.05) is 19.3 Å². The monoisotopic (exact) mass is 219 g/mol. The van der Waals surface area contributed by atoms with Crippen LogP contribution in [-0.2, 0) is 4.74 Å². The van der Waals surface area contributed by atoms with Crippen LogP contribution in [0.1, 0.15) is 46.0 Å². The highest BCUT2D eigenvalue weighted by Gasteiger charge is 2.02. The highest BCUT2D eigenvalue weighted by atomic mass is 19.1. The zero-order chi connectivity index (χ0) is 11.5. The second kappa shape index (κ2) is 9.74. The van der Waals surface area contributed by atoms with Gasteiger partial charge in [-0.2, -0.15) is 0 Å². The van der Waals surface area contributed by atoms with E-state index in [0.29, 0.717) is 13.0 Å². The Labute approximate surface area is 91.4 Å². The minimum absolute atomic E-state index is 0.113. The summed E-state index contributed by atoms with van der Waals surface area (Å²) in [5, 5.41) is 2.64. The van der Waals surface area contributed by atoms with Gasteiger partial charge in [0, 0.05) is 6.04 Å². The van der Waals surface area contributed by atoms with Gasteiger partial charge in [-0.05, 0) is 26.7 Å². The molecule has 0 radical (unpaired) electrons. The molecule has 0 aromatic rings. The highest BCUT2D eigenvalue weighted by Crippen LogP contribution is 2.03. The van der Waals surface area contributed by atoms with Crippen molar-refractivity contribution in [2.24, 2.45) is 0 Å². The Bertz CT molecular complexity index is 163. The number of carbonyl (C=O) groups excluding carboxylic acids is 1. The van der Waals surface area contributed by atoms with E-state index in [0.717, 1.165) is 25.7 Å². The zero-order valence-corrected chi connectivity index (χ0v) is 9.72. The van der Waals surface area contributed by atoms with Crippen molar-refractivity contribution in [1.29, 1.82) is 0 Å². The Balaban J connectivity index is 3.13. The van der Waals surface area contributed by atoms with Crippen molar-refractivity contribution in [3.05, 3.63) is 0 Å². The predicted molar refractivity (Wildman–Crippen MR) is 58.7 cm³/mol. The molecule has 0 aliphatic rings. The maximum atomic E-state index is 11.7. The lowest BCUT2D eigenvalue weighted by Gasteiger charge is -2.08. The third-order valence-electron chi connectivity index (χ3n) is 1.92. The molecule has 0 heterocycles. The lowest BCUT2D eigenvalue weighted by molar-refractivity contribution is 0.141. The van der Waals surface area contributed by atoms with Crippen LogP contribution in [0.5, 0.6) is 0 Å². The van der Waals surface area contributed by atoms with Crippen LogP contribution in [0.25, 0.3) is 0 Å². The summed E-state index contributed by atoms with van der Waals surface area (Å²) in [6, 6.07) is 0.113. The molecular weight excluding hydrogens is 197 g/mol. The van der Waals surface area contributed by atoms with Gasteiger partial charge in [0.1, 0.15) is 0 Å². The number of hydrogen-bond donors (Lipinski definition) is 1. The fourth-order valence-electron chi connectivity index (χ4n) is 1.17. The van der Waals surface area contributed by atoms with Crippen LogP contribution < -0.4 is 5.32 Å². The van der Waals surface area contributed by atoms with Crippen molar-refractivity contribution < 1.29 is 13.9 Å². The average Bonchev–Trinajstić information content (AvgIpc) is 2.15. The lowest BCUT2D eigenvalue weighted by Crippen LogP contribution is -2.30. The number of halogens is 1. The Kier molecular flexibility index (Phi) is 9.22. The van der Waals surface area contributed by atoms with Crippen LogP contribution >= 0.6 is 0 Å². The number of rotatable bonds is 8. The summed E-state index contributed by atoms with van der Waals surface area (Å²) in [5.41, 5.74) is 0. The molecule has 0 unspecified atom stereocenters. The normalized spacial score (nSPS) is 10.4. The van der Waals surface area contributed by atoms with Gasteiger partial charge in [0.2, 0.25) is 0 Å². The molecule has 0 saturated heterocycles. The average molecular weight is 219 g/mol. The molecule has 1 amide bonds. The van der Waals surface area contributed by atoms with Crippen LogP contribution in [0.2, 0.25) is 0 Å². The number of amides is 1. The van der Waals surface area contributed by atoms with Gasteiger partial charge >= 0.3 is 6.09 Å². The number of alkyl carbamates (subject to hydrolysis) is 1. The first kappa shape index (κ1) is 14.2. The Morgan fingerprint density at radius 3 is 2.40 bits per heavy atom. The predicted octanol–water partition coefficient (Wildman–Crippen LogP) is 3.04. The number of carbonyl (C=O) groups is 1. The van der Waals surface area contributed by atoms with Crippen LogP contribution in [0, 0.1) is 0 Å². The molecular formula is C11H22FNO2. The first-order valence-electron chi connectivity index (χ1n) is 5.66. The Hall–Kier alpha value is -0.800. The van der Waals surface area contributed by atoms with E-state index in [2.05, 4.69) is 5.32 Å². The lowest BCUT2D eigenvalue weighted by atomic mass is 10.2. The highest BCUT2D eigenvalue weighted by molar-refractivity contribution is 5.67. The van der Waals surface area contributed by atoms with E-state index in [4.69, 9.17) is 4.74 Å². The number of alkyl halides is 1. The SMILES string of the molecule is CC(C)NC(=O)OCCCCCCCF. The van der Waals surface area contributed by atoms with E-state index >= 15 is 0 Å². The fourth-order valence-corrected chi connectivity index (χ4v) is 1.17. The number of ether oxygens (including phenoxy) is 1. The van der Waals surface area contributed by atoms with Gasteiger partial charge in [-0.15, -0.1) is 0 Å². The summed E-state index contributed by atoms with van der Waals surface area (Å²) >= 11 is 0. The minimum atomic E-state index is -0.353. The van der Waals surface area contributed by atoms with Crippen molar-refractivity contribution in [2.45, 2.75) is 52.0 Å². The molecule has 0 rings (SSSR count). The second-order valence-electron chi connectivity index (χ2n) is 3.89. The topological polar surface area (TPSA) is 38.3 Å². The molecule has 0 aromatic carbocycles. The minimum Gasteiger partial charge on any atom is -0.450 e. The largest absolute Gasteiger partial charge is 0.450 e. The van der Waals surface area contributed by atoms with Crippen molar-refractivity contribution in [3.8, 4) is 0 Å². The number of unbranched alkanes of at least 4 members (excludes halogenated alkanes) is 4. The fraction of sp³-hybridized carbons (Fsp3) is 0.909. The van der Waals surface area contributed by atoms with E-state index in [1.165, 1.54) is 0 Å². The van der Waals surface area contributed by atoms with E-state index in [-0.39, 0.29) is 18.8 Å². The van der Waals surface area contributed by atoms with Crippen molar-refractivity contribution in [2.75, 3.05) is 13.3 Å². The van der Waals surface area contributed by atoms with Gasteiger partial charge in [0.15, 0.2) is 0 Å². The van der Waals surface area contributed by atoms with Crippen LogP contribution in [0.15, 0.2) is 0 Å². The summed E-state index contributed by atoms with van der Waals surface area (Å²) in [6.07, 6.45) is 4.09. The molecule has 0 aliphatic heterocycles. The van der Waals surface area contributed by atoms with Crippen LogP contribution in [0.4, 0.5) is 9.18 Å². The molecule has 0 spiro atoms. The van der Waals surface area contributed by atoms with E-state index in [1.807, 2.05) is 13.8 Å². The zero-order valence-electron chi connectivity index (χ0n) is 9.72. The first-order valence-corrected chi connectivity index (χ1v) is 5.66. The molecule has 3 nitrogen and oxygen atoms in total. The molecule has 90 valence electrons. The van der Waals surface area contributed by atoms with Crippen molar-refractivity contribution >= 4 is 6.09 Å².